The number of amides is 1. The van der Waals surface area contributed by atoms with Crippen LogP contribution in [0.5, 0.6) is 0 Å². The van der Waals surface area contributed by atoms with E-state index in [1.807, 2.05) is 26.0 Å². The molecule has 14 heavy (non-hydrogen) atoms. The minimum Gasteiger partial charge on any atom is -0.465 e. The summed E-state index contributed by atoms with van der Waals surface area (Å²) in [6, 6.07) is 3.28. The summed E-state index contributed by atoms with van der Waals surface area (Å²) in [6.45, 7) is 4.14. The first kappa shape index (κ1) is 10.8. The first-order chi connectivity index (χ1) is 6.63. The standard InChI is InChI=1S/C10H16N2O2/c1-3-9(11)10(13)12-6-8-5-4-7(2)14-8/h4-5,9H,3,6,11H2,1-2H3,(H,12,13). The van der Waals surface area contributed by atoms with Gasteiger partial charge in [0.25, 0.3) is 0 Å². The molecule has 0 spiro atoms. The second kappa shape index (κ2) is 4.81. The lowest BCUT2D eigenvalue weighted by molar-refractivity contribution is -0.122. The average Bonchev–Trinajstić information content (AvgIpc) is 2.59. The maximum absolute atomic E-state index is 11.3. The minimum absolute atomic E-state index is 0.137. The Labute approximate surface area is 83.5 Å². The van der Waals surface area contributed by atoms with Crippen LogP contribution in [0.15, 0.2) is 16.5 Å². The van der Waals surface area contributed by atoms with Crippen LogP contribution < -0.4 is 11.1 Å². The van der Waals surface area contributed by atoms with Crippen molar-refractivity contribution in [1.29, 1.82) is 0 Å². The molecule has 1 atom stereocenters. The summed E-state index contributed by atoms with van der Waals surface area (Å²) in [7, 11) is 0. The van der Waals surface area contributed by atoms with Crippen molar-refractivity contribution in [3.63, 3.8) is 0 Å². The second-order valence-electron chi connectivity index (χ2n) is 3.24. The van der Waals surface area contributed by atoms with Gasteiger partial charge in [0.1, 0.15) is 11.5 Å². The molecule has 78 valence electrons. The third-order valence-electron chi connectivity index (χ3n) is 2.01. The summed E-state index contributed by atoms with van der Waals surface area (Å²) in [4.78, 5) is 11.3. The van der Waals surface area contributed by atoms with Gasteiger partial charge in [-0.25, -0.2) is 0 Å². The Balaban J connectivity index is 2.37. The predicted molar refractivity (Wildman–Crippen MR) is 53.6 cm³/mol. The highest BCUT2D eigenvalue weighted by Gasteiger charge is 2.10. The van der Waals surface area contributed by atoms with Crippen LogP contribution in [0.4, 0.5) is 0 Å². The molecule has 0 aliphatic heterocycles. The van der Waals surface area contributed by atoms with E-state index in [4.69, 9.17) is 10.2 Å². The third kappa shape index (κ3) is 2.88. The van der Waals surface area contributed by atoms with E-state index in [-0.39, 0.29) is 5.91 Å². The lowest BCUT2D eigenvalue weighted by Gasteiger charge is -2.08. The zero-order valence-corrected chi connectivity index (χ0v) is 8.54. The Morgan fingerprint density at radius 1 is 1.64 bits per heavy atom. The number of nitrogens with two attached hydrogens (primary N) is 1. The van der Waals surface area contributed by atoms with E-state index in [1.54, 1.807) is 0 Å². The molecule has 4 nitrogen and oxygen atoms in total. The number of rotatable bonds is 4. The molecule has 1 aromatic rings. The van der Waals surface area contributed by atoms with E-state index in [1.165, 1.54) is 0 Å². The number of hydrogen-bond acceptors (Lipinski definition) is 3. The molecule has 1 aromatic heterocycles. The van der Waals surface area contributed by atoms with Crippen LogP contribution in [0, 0.1) is 6.92 Å². The number of hydrogen-bond donors (Lipinski definition) is 2. The van der Waals surface area contributed by atoms with Crippen LogP contribution in [-0.4, -0.2) is 11.9 Å². The number of furan rings is 1. The monoisotopic (exact) mass is 196 g/mol. The summed E-state index contributed by atoms with van der Waals surface area (Å²) in [5.74, 6) is 1.45. The molecule has 0 aromatic carbocycles. The topological polar surface area (TPSA) is 68.3 Å². The molecule has 0 saturated carbocycles. The van der Waals surface area contributed by atoms with Gasteiger partial charge in [0.05, 0.1) is 12.6 Å². The highest BCUT2D eigenvalue weighted by Crippen LogP contribution is 2.05. The Morgan fingerprint density at radius 2 is 2.36 bits per heavy atom. The molecule has 0 saturated heterocycles. The van der Waals surface area contributed by atoms with Gasteiger partial charge in [-0.3, -0.25) is 4.79 Å². The van der Waals surface area contributed by atoms with Crippen LogP contribution in [0.1, 0.15) is 24.9 Å². The van der Waals surface area contributed by atoms with Gasteiger partial charge in [-0.15, -0.1) is 0 Å². The SMILES string of the molecule is CCC(N)C(=O)NCc1ccc(C)o1. The van der Waals surface area contributed by atoms with E-state index in [0.29, 0.717) is 13.0 Å². The Bertz CT molecular complexity index is 307. The Kier molecular flexibility index (Phi) is 3.71. The largest absolute Gasteiger partial charge is 0.465 e. The maximum Gasteiger partial charge on any atom is 0.237 e. The van der Waals surface area contributed by atoms with Crippen LogP contribution >= 0.6 is 0 Å². The fourth-order valence-corrected chi connectivity index (χ4v) is 1.07. The number of carbonyl (C=O) groups is 1. The fourth-order valence-electron chi connectivity index (χ4n) is 1.07. The van der Waals surface area contributed by atoms with Crippen molar-refractivity contribution in [2.24, 2.45) is 5.73 Å². The summed E-state index contributed by atoms with van der Waals surface area (Å²) >= 11 is 0. The minimum atomic E-state index is -0.425. The van der Waals surface area contributed by atoms with Crippen molar-refractivity contribution in [1.82, 2.24) is 5.32 Å². The van der Waals surface area contributed by atoms with Crippen LogP contribution in [-0.2, 0) is 11.3 Å². The third-order valence-corrected chi connectivity index (χ3v) is 2.01. The van der Waals surface area contributed by atoms with Crippen LogP contribution in [0.25, 0.3) is 0 Å². The van der Waals surface area contributed by atoms with Crippen molar-refractivity contribution in [2.45, 2.75) is 32.9 Å². The lowest BCUT2D eigenvalue weighted by atomic mass is 10.2. The van der Waals surface area contributed by atoms with Gasteiger partial charge in [0, 0.05) is 0 Å². The highest BCUT2D eigenvalue weighted by atomic mass is 16.3. The van der Waals surface area contributed by atoms with Crippen LogP contribution in [0.2, 0.25) is 0 Å². The highest BCUT2D eigenvalue weighted by molar-refractivity contribution is 5.81. The fraction of sp³-hybridized carbons (Fsp3) is 0.500. The van der Waals surface area contributed by atoms with E-state index >= 15 is 0 Å². The van der Waals surface area contributed by atoms with Gasteiger partial charge < -0.3 is 15.5 Å². The number of nitrogens with one attached hydrogen (secondary N) is 1. The Hall–Kier alpha value is -1.29. The van der Waals surface area contributed by atoms with Gasteiger partial charge >= 0.3 is 0 Å². The van der Waals surface area contributed by atoms with E-state index in [9.17, 15) is 4.79 Å². The van der Waals surface area contributed by atoms with Gasteiger partial charge in [0.15, 0.2) is 0 Å². The summed E-state index contributed by atoms with van der Waals surface area (Å²) in [5.41, 5.74) is 5.54. The van der Waals surface area contributed by atoms with Crippen molar-refractivity contribution >= 4 is 5.91 Å². The van der Waals surface area contributed by atoms with Crippen LogP contribution in [0.3, 0.4) is 0 Å². The second-order valence-corrected chi connectivity index (χ2v) is 3.24. The van der Waals surface area contributed by atoms with Crippen molar-refractivity contribution in [3.8, 4) is 0 Å². The normalized spacial score (nSPS) is 12.5. The predicted octanol–water partition coefficient (Wildman–Crippen LogP) is 0.942. The van der Waals surface area contributed by atoms with E-state index in [0.717, 1.165) is 11.5 Å². The summed E-state index contributed by atoms with van der Waals surface area (Å²) in [6.07, 6.45) is 0.642. The number of carbonyl (C=O) groups excluding carboxylic acids is 1. The van der Waals surface area contributed by atoms with Gasteiger partial charge in [-0.05, 0) is 25.5 Å². The summed E-state index contributed by atoms with van der Waals surface area (Å²) < 4.78 is 5.29. The first-order valence-electron chi connectivity index (χ1n) is 4.72. The van der Waals surface area contributed by atoms with E-state index in [2.05, 4.69) is 5.32 Å². The molecule has 1 rings (SSSR count). The first-order valence-corrected chi connectivity index (χ1v) is 4.72. The molecule has 0 aliphatic carbocycles. The van der Waals surface area contributed by atoms with Gasteiger partial charge in [-0.1, -0.05) is 6.92 Å². The molecule has 0 bridgehead atoms. The van der Waals surface area contributed by atoms with Crippen molar-refractivity contribution < 1.29 is 9.21 Å². The zero-order chi connectivity index (χ0) is 10.6. The Morgan fingerprint density at radius 3 is 2.86 bits per heavy atom. The molecule has 0 radical (unpaired) electrons. The smallest absolute Gasteiger partial charge is 0.237 e. The van der Waals surface area contributed by atoms with Gasteiger partial charge in [0.2, 0.25) is 5.91 Å². The quantitative estimate of drug-likeness (QED) is 0.753. The van der Waals surface area contributed by atoms with Crippen molar-refractivity contribution in [2.75, 3.05) is 0 Å². The molecule has 1 amide bonds. The maximum atomic E-state index is 11.3. The summed E-state index contributed by atoms with van der Waals surface area (Å²) in [5, 5.41) is 2.71. The average molecular weight is 196 g/mol. The molecule has 0 fully saturated rings. The zero-order valence-electron chi connectivity index (χ0n) is 8.54. The molecule has 1 unspecified atom stereocenters. The molecular formula is C10H16N2O2. The van der Waals surface area contributed by atoms with E-state index < -0.39 is 6.04 Å². The van der Waals surface area contributed by atoms with Gasteiger partial charge in [-0.2, -0.15) is 0 Å². The van der Waals surface area contributed by atoms with Crippen molar-refractivity contribution in [3.05, 3.63) is 23.7 Å². The molecule has 1 heterocycles. The molecular weight excluding hydrogens is 180 g/mol. The lowest BCUT2D eigenvalue weighted by Crippen LogP contribution is -2.39. The molecule has 0 aliphatic rings. The molecule has 3 N–H and O–H groups in total. The number of aryl methyl sites for hydroxylation is 1. The molecule has 4 heteroatoms.